The van der Waals surface area contributed by atoms with Gasteiger partial charge in [-0.25, -0.2) is 9.59 Å². The number of carbonyl (C=O) groups excluding carboxylic acids is 2. The molecule has 0 aromatic rings. The predicted octanol–water partition coefficient (Wildman–Crippen LogP) is 0.989. The molecular weight excluding hydrogens is 298 g/mol. The molecule has 0 aromatic heterocycles. The van der Waals surface area contributed by atoms with Crippen molar-refractivity contribution in [3.63, 3.8) is 0 Å². The zero-order valence-corrected chi connectivity index (χ0v) is 14.4. The third-order valence-corrected chi connectivity index (χ3v) is 3.74. The van der Waals surface area contributed by atoms with Crippen LogP contribution in [-0.4, -0.2) is 60.9 Å². The van der Waals surface area contributed by atoms with Gasteiger partial charge in [0.25, 0.3) is 0 Å². The molecule has 1 atom stereocenters. The van der Waals surface area contributed by atoms with Gasteiger partial charge in [0.2, 0.25) is 0 Å². The van der Waals surface area contributed by atoms with Gasteiger partial charge >= 0.3 is 12.0 Å². The Kier molecular flexibility index (Phi) is 8.65. The Balaban J connectivity index is 2.91. The molecule has 0 spiro atoms. The Morgan fingerprint density at radius 2 is 2.04 bits per heavy atom. The van der Waals surface area contributed by atoms with Gasteiger partial charge < -0.3 is 20.5 Å². The lowest BCUT2D eigenvalue weighted by Gasteiger charge is -2.30. The van der Waals surface area contributed by atoms with Crippen LogP contribution in [0.2, 0.25) is 0 Å². The number of ether oxygens (including phenoxy) is 1. The molecule has 7 nitrogen and oxygen atoms in total. The summed E-state index contributed by atoms with van der Waals surface area (Å²) < 4.78 is 5.10. The Morgan fingerprint density at radius 1 is 1.30 bits per heavy atom. The van der Waals surface area contributed by atoms with Gasteiger partial charge in [0.15, 0.2) is 0 Å². The molecule has 0 radical (unpaired) electrons. The minimum atomic E-state index is -0.417. The first-order valence-corrected chi connectivity index (χ1v) is 8.34. The first-order chi connectivity index (χ1) is 11.0. The van der Waals surface area contributed by atoms with Crippen molar-refractivity contribution in [1.82, 2.24) is 15.5 Å². The second-order valence-corrected chi connectivity index (χ2v) is 5.64. The number of hydrogen-bond donors (Lipinski definition) is 3. The lowest BCUT2D eigenvalue weighted by molar-refractivity contribution is -0.139. The maximum atomic E-state index is 12.2. The molecule has 0 aliphatic carbocycles. The number of nitrogens with one attached hydrogen (secondary N) is 2. The highest BCUT2D eigenvalue weighted by atomic mass is 16.5. The van der Waals surface area contributed by atoms with Crippen molar-refractivity contribution in [2.24, 2.45) is 0 Å². The topological polar surface area (TPSA) is 90.9 Å². The molecule has 23 heavy (non-hydrogen) atoms. The number of rotatable bonds is 10. The summed E-state index contributed by atoms with van der Waals surface area (Å²) in [7, 11) is 0. The number of unbranched alkanes of at least 4 members (excludes halogenated alkanes) is 2. The highest BCUT2D eigenvalue weighted by molar-refractivity contribution is 5.94. The lowest BCUT2D eigenvalue weighted by Crippen LogP contribution is -2.51. The largest absolute Gasteiger partial charge is 0.463 e. The van der Waals surface area contributed by atoms with Crippen LogP contribution >= 0.6 is 0 Å². The van der Waals surface area contributed by atoms with Crippen molar-refractivity contribution in [1.29, 1.82) is 0 Å². The second kappa shape index (κ2) is 10.2. The van der Waals surface area contributed by atoms with Crippen LogP contribution < -0.4 is 10.6 Å². The van der Waals surface area contributed by atoms with E-state index in [0.29, 0.717) is 24.4 Å². The average Bonchev–Trinajstić information content (AvgIpc) is 2.47. The van der Waals surface area contributed by atoms with Crippen molar-refractivity contribution in [3.05, 3.63) is 11.3 Å². The maximum Gasteiger partial charge on any atom is 0.337 e. The van der Waals surface area contributed by atoms with E-state index in [1.54, 1.807) is 13.8 Å². The minimum absolute atomic E-state index is 0.0376. The van der Waals surface area contributed by atoms with E-state index in [0.717, 1.165) is 25.8 Å². The van der Waals surface area contributed by atoms with E-state index in [2.05, 4.69) is 17.6 Å². The molecule has 2 amide bonds. The summed E-state index contributed by atoms with van der Waals surface area (Å²) in [4.78, 5) is 26.0. The first kappa shape index (κ1) is 19.4. The summed E-state index contributed by atoms with van der Waals surface area (Å²) in [6.45, 7) is 7.69. The van der Waals surface area contributed by atoms with Gasteiger partial charge in [0.05, 0.1) is 24.8 Å². The number of amides is 2. The van der Waals surface area contributed by atoms with Gasteiger partial charge in [0, 0.05) is 18.8 Å². The van der Waals surface area contributed by atoms with Gasteiger partial charge in [-0.3, -0.25) is 4.90 Å². The lowest BCUT2D eigenvalue weighted by atomic mass is 10.0. The number of carbonyl (C=O) groups is 2. The first-order valence-electron chi connectivity index (χ1n) is 8.34. The van der Waals surface area contributed by atoms with Crippen molar-refractivity contribution in [2.75, 3.05) is 32.8 Å². The predicted molar refractivity (Wildman–Crippen MR) is 87.8 cm³/mol. The molecule has 0 fully saturated rings. The molecule has 0 saturated carbocycles. The summed E-state index contributed by atoms with van der Waals surface area (Å²) in [5.74, 6) is -0.417. The third kappa shape index (κ3) is 6.19. The molecule has 3 N–H and O–H groups in total. The van der Waals surface area contributed by atoms with Gasteiger partial charge in [-0.15, -0.1) is 0 Å². The van der Waals surface area contributed by atoms with E-state index in [1.165, 1.54) is 0 Å². The molecule has 132 valence electrons. The summed E-state index contributed by atoms with van der Waals surface area (Å²) in [6, 6.07) is -0.720. The van der Waals surface area contributed by atoms with Crippen LogP contribution in [0.25, 0.3) is 0 Å². The third-order valence-electron chi connectivity index (χ3n) is 3.74. The van der Waals surface area contributed by atoms with Gasteiger partial charge in [-0.2, -0.15) is 0 Å². The summed E-state index contributed by atoms with van der Waals surface area (Å²) in [6.07, 6.45) is 3.23. The SMILES string of the molecule is CCCCCN(CCO)CC1=C(C(=O)OCC)[C@@H](C)NC(=O)N1. The van der Waals surface area contributed by atoms with E-state index >= 15 is 0 Å². The van der Waals surface area contributed by atoms with Gasteiger partial charge in [0.1, 0.15) is 0 Å². The maximum absolute atomic E-state index is 12.2. The quantitative estimate of drug-likeness (QED) is 0.411. The molecule has 7 heteroatoms. The molecule has 0 unspecified atom stereocenters. The monoisotopic (exact) mass is 327 g/mol. The molecule has 1 aliphatic heterocycles. The van der Waals surface area contributed by atoms with E-state index in [-0.39, 0.29) is 19.2 Å². The Morgan fingerprint density at radius 3 is 2.65 bits per heavy atom. The minimum Gasteiger partial charge on any atom is -0.463 e. The molecule has 0 aromatic carbocycles. The van der Waals surface area contributed by atoms with Crippen LogP contribution in [0.3, 0.4) is 0 Å². The molecule has 1 rings (SSSR count). The number of nitrogens with zero attached hydrogens (tertiary/aromatic N) is 1. The van der Waals surface area contributed by atoms with Crippen LogP contribution in [0.1, 0.15) is 40.0 Å². The fourth-order valence-electron chi connectivity index (χ4n) is 2.62. The zero-order chi connectivity index (χ0) is 17.2. The average molecular weight is 327 g/mol. The Labute approximate surface area is 138 Å². The molecule has 1 aliphatic rings. The fraction of sp³-hybridized carbons (Fsp3) is 0.750. The van der Waals surface area contributed by atoms with E-state index in [9.17, 15) is 14.7 Å². The normalized spacial score (nSPS) is 18.0. The number of esters is 1. The highest BCUT2D eigenvalue weighted by Gasteiger charge is 2.30. The molecule has 0 bridgehead atoms. The highest BCUT2D eigenvalue weighted by Crippen LogP contribution is 2.15. The number of hydrogen-bond acceptors (Lipinski definition) is 5. The van der Waals surface area contributed by atoms with Gasteiger partial charge in [-0.05, 0) is 26.8 Å². The Bertz CT molecular complexity index is 437. The van der Waals surface area contributed by atoms with Crippen LogP contribution in [0.5, 0.6) is 0 Å². The summed E-state index contributed by atoms with van der Waals surface area (Å²) in [5, 5.41) is 14.6. The number of aliphatic hydroxyl groups excluding tert-OH is 1. The van der Waals surface area contributed by atoms with Crippen molar-refractivity contribution in [2.45, 2.75) is 46.1 Å². The molecule has 0 saturated heterocycles. The van der Waals surface area contributed by atoms with Crippen LogP contribution in [0, 0.1) is 0 Å². The van der Waals surface area contributed by atoms with Crippen LogP contribution in [-0.2, 0) is 9.53 Å². The summed E-state index contributed by atoms with van der Waals surface area (Å²) >= 11 is 0. The van der Waals surface area contributed by atoms with Crippen LogP contribution in [0.4, 0.5) is 4.79 Å². The number of aliphatic hydroxyl groups is 1. The Hall–Kier alpha value is -1.60. The smallest absolute Gasteiger partial charge is 0.337 e. The molecular formula is C16H29N3O4. The zero-order valence-electron chi connectivity index (χ0n) is 14.4. The standard InChI is InChI=1S/C16H29N3O4/c1-4-6-7-8-19(9-10-20)11-13-14(15(21)23-5-2)12(3)17-16(22)18-13/h12,20H,4-11H2,1-3H3,(H2,17,18,22)/t12-/m1/s1. The fourth-order valence-corrected chi connectivity index (χ4v) is 2.62. The second-order valence-electron chi connectivity index (χ2n) is 5.64. The van der Waals surface area contributed by atoms with Crippen molar-refractivity contribution < 1.29 is 19.4 Å². The van der Waals surface area contributed by atoms with E-state index in [1.807, 2.05) is 4.90 Å². The van der Waals surface area contributed by atoms with E-state index < -0.39 is 12.0 Å². The molecule has 1 heterocycles. The van der Waals surface area contributed by atoms with Crippen molar-refractivity contribution in [3.8, 4) is 0 Å². The van der Waals surface area contributed by atoms with Crippen molar-refractivity contribution >= 4 is 12.0 Å². The van der Waals surface area contributed by atoms with E-state index in [4.69, 9.17) is 4.74 Å². The van der Waals surface area contributed by atoms with Crippen LogP contribution in [0.15, 0.2) is 11.3 Å². The summed E-state index contributed by atoms with van der Waals surface area (Å²) in [5.41, 5.74) is 1.01. The van der Waals surface area contributed by atoms with Gasteiger partial charge in [-0.1, -0.05) is 19.8 Å². The number of urea groups is 1.